The van der Waals surface area contributed by atoms with E-state index in [0.717, 1.165) is 18.7 Å². The largest absolute Gasteiger partial charge is 0.325 e. The second-order valence-electron chi connectivity index (χ2n) is 2.12. The van der Waals surface area contributed by atoms with E-state index in [2.05, 4.69) is 11.1 Å². The zero-order chi connectivity index (χ0) is 6.53. The molecule has 2 nitrogen and oxygen atoms in total. The van der Waals surface area contributed by atoms with Crippen LogP contribution in [-0.4, -0.2) is 18.8 Å². The van der Waals surface area contributed by atoms with Crippen LogP contribution in [0, 0.1) is 0 Å². The fraction of sp³-hybridized carbons (Fsp3) is 0.571. The third kappa shape index (κ3) is 1.98. The molecule has 50 valence electrons. The molecule has 2 N–H and O–H groups in total. The van der Waals surface area contributed by atoms with Crippen molar-refractivity contribution in [2.24, 2.45) is 10.7 Å². The molecule has 1 aliphatic heterocycles. The molecule has 0 aliphatic carbocycles. The zero-order valence-electron chi connectivity index (χ0n) is 5.51. The van der Waals surface area contributed by atoms with Gasteiger partial charge >= 0.3 is 0 Å². The minimum absolute atomic E-state index is 0.580. The number of nitrogens with two attached hydrogens (primary N) is 1. The van der Waals surface area contributed by atoms with Crippen molar-refractivity contribution in [2.45, 2.75) is 12.8 Å². The van der Waals surface area contributed by atoms with Crippen molar-refractivity contribution in [2.75, 3.05) is 13.1 Å². The van der Waals surface area contributed by atoms with Gasteiger partial charge in [0.2, 0.25) is 0 Å². The summed E-state index contributed by atoms with van der Waals surface area (Å²) in [6.07, 6.45) is 6.47. The first-order valence-electron chi connectivity index (χ1n) is 3.33. The first-order valence-corrected chi connectivity index (χ1v) is 3.33. The van der Waals surface area contributed by atoms with Crippen LogP contribution in [0.15, 0.2) is 17.1 Å². The summed E-state index contributed by atoms with van der Waals surface area (Å²) in [5, 5.41) is 0. The van der Waals surface area contributed by atoms with E-state index in [1.54, 1.807) is 0 Å². The lowest BCUT2D eigenvalue weighted by Crippen LogP contribution is -2.10. The highest BCUT2D eigenvalue weighted by Gasteiger charge is 1.93. The summed E-state index contributed by atoms with van der Waals surface area (Å²) in [4.78, 5) is 4.25. The second kappa shape index (κ2) is 3.41. The first kappa shape index (κ1) is 6.49. The van der Waals surface area contributed by atoms with Crippen LogP contribution >= 0.6 is 0 Å². The summed E-state index contributed by atoms with van der Waals surface area (Å²) < 4.78 is 0. The van der Waals surface area contributed by atoms with Crippen molar-refractivity contribution in [1.29, 1.82) is 0 Å². The van der Waals surface area contributed by atoms with E-state index in [9.17, 15) is 0 Å². The molecule has 2 heteroatoms. The molecule has 0 amide bonds. The molecule has 0 radical (unpaired) electrons. The van der Waals surface area contributed by atoms with Crippen molar-refractivity contribution < 1.29 is 0 Å². The van der Waals surface area contributed by atoms with E-state index in [1.807, 2.05) is 6.08 Å². The summed E-state index contributed by atoms with van der Waals surface area (Å²) in [6, 6.07) is 0. The number of hydrogen-bond acceptors (Lipinski definition) is 2. The highest BCUT2D eigenvalue weighted by atomic mass is 14.8. The summed E-state index contributed by atoms with van der Waals surface area (Å²) in [5.74, 6) is 0. The van der Waals surface area contributed by atoms with Crippen LogP contribution in [0.1, 0.15) is 12.8 Å². The van der Waals surface area contributed by atoms with Crippen LogP contribution < -0.4 is 5.73 Å². The predicted octanol–water partition coefficient (Wildman–Crippen LogP) is 0.736. The monoisotopic (exact) mass is 124 g/mol. The average Bonchev–Trinajstić information content (AvgIpc) is 2.13. The van der Waals surface area contributed by atoms with Crippen molar-refractivity contribution in [3.05, 3.63) is 12.2 Å². The number of aliphatic imine (C=N–C) groups is 1. The van der Waals surface area contributed by atoms with E-state index in [1.165, 1.54) is 6.42 Å². The summed E-state index contributed by atoms with van der Waals surface area (Å²) >= 11 is 0. The van der Waals surface area contributed by atoms with Gasteiger partial charge in [0.1, 0.15) is 0 Å². The van der Waals surface area contributed by atoms with Crippen LogP contribution in [-0.2, 0) is 0 Å². The molecule has 0 bridgehead atoms. The van der Waals surface area contributed by atoms with E-state index < -0.39 is 0 Å². The SMILES string of the molecule is NCC1=NCCCC=C1. The molecule has 0 aromatic carbocycles. The Bertz CT molecular complexity index is 136. The molecule has 0 atom stereocenters. The number of rotatable bonds is 1. The molecule has 0 saturated carbocycles. The molecule has 0 aromatic heterocycles. The molecule has 0 fully saturated rings. The molecule has 0 aromatic rings. The highest BCUT2D eigenvalue weighted by molar-refractivity contribution is 5.96. The first-order chi connectivity index (χ1) is 4.43. The fourth-order valence-electron chi connectivity index (χ4n) is 0.836. The predicted molar refractivity (Wildman–Crippen MR) is 39.7 cm³/mol. The zero-order valence-corrected chi connectivity index (χ0v) is 5.51. The van der Waals surface area contributed by atoms with Gasteiger partial charge in [-0.1, -0.05) is 6.08 Å². The molecular formula is C7H12N2. The lowest BCUT2D eigenvalue weighted by molar-refractivity contribution is 0.863. The molecule has 0 unspecified atom stereocenters. The third-order valence-corrected chi connectivity index (χ3v) is 1.36. The fourth-order valence-corrected chi connectivity index (χ4v) is 0.836. The Labute approximate surface area is 55.5 Å². The number of allylic oxidation sites excluding steroid dienone is 1. The number of nitrogens with zero attached hydrogens (tertiary/aromatic N) is 1. The van der Waals surface area contributed by atoms with Crippen LogP contribution in [0.5, 0.6) is 0 Å². The molecule has 9 heavy (non-hydrogen) atoms. The van der Waals surface area contributed by atoms with Crippen molar-refractivity contribution in [1.82, 2.24) is 0 Å². The minimum Gasteiger partial charge on any atom is -0.325 e. The van der Waals surface area contributed by atoms with E-state index in [-0.39, 0.29) is 0 Å². The van der Waals surface area contributed by atoms with E-state index in [0.29, 0.717) is 6.54 Å². The Morgan fingerprint density at radius 3 is 3.33 bits per heavy atom. The summed E-state index contributed by atoms with van der Waals surface area (Å²) in [6.45, 7) is 1.52. The Morgan fingerprint density at radius 2 is 2.56 bits per heavy atom. The van der Waals surface area contributed by atoms with Gasteiger partial charge in [-0.15, -0.1) is 0 Å². The van der Waals surface area contributed by atoms with Crippen LogP contribution in [0.3, 0.4) is 0 Å². The molecule has 0 spiro atoms. The Kier molecular flexibility index (Phi) is 2.46. The molecule has 1 aliphatic rings. The van der Waals surface area contributed by atoms with Crippen LogP contribution in [0.4, 0.5) is 0 Å². The third-order valence-electron chi connectivity index (χ3n) is 1.36. The quantitative estimate of drug-likeness (QED) is 0.550. The van der Waals surface area contributed by atoms with Gasteiger partial charge in [-0.3, -0.25) is 4.99 Å². The molecular weight excluding hydrogens is 112 g/mol. The van der Waals surface area contributed by atoms with Gasteiger partial charge in [-0.2, -0.15) is 0 Å². The molecule has 0 saturated heterocycles. The van der Waals surface area contributed by atoms with Gasteiger partial charge in [0.05, 0.1) is 0 Å². The lowest BCUT2D eigenvalue weighted by atomic mass is 10.3. The van der Waals surface area contributed by atoms with Gasteiger partial charge in [0, 0.05) is 18.8 Å². The molecule has 1 heterocycles. The maximum Gasteiger partial charge on any atom is 0.0481 e. The topological polar surface area (TPSA) is 38.4 Å². The molecule has 1 rings (SSSR count). The second-order valence-corrected chi connectivity index (χ2v) is 2.12. The van der Waals surface area contributed by atoms with Crippen molar-refractivity contribution in [3.63, 3.8) is 0 Å². The van der Waals surface area contributed by atoms with Gasteiger partial charge in [-0.05, 0) is 18.9 Å². The average molecular weight is 124 g/mol. The standard InChI is InChI=1S/C7H12N2/c8-6-7-4-2-1-3-5-9-7/h2,4H,1,3,5-6,8H2. The Morgan fingerprint density at radius 1 is 1.67 bits per heavy atom. The number of hydrogen-bond donors (Lipinski definition) is 1. The maximum atomic E-state index is 5.39. The Hall–Kier alpha value is -0.630. The van der Waals surface area contributed by atoms with E-state index in [4.69, 9.17) is 5.73 Å². The van der Waals surface area contributed by atoms with Crippen molar-refractivity contribution in [3.8, 4) is 0 Å². The van der Waals surface area contributed by atoms with Crippen LogP contribution in [0.25, 0.3) is 0 Å². The Balaban J connectivity index is 2.53. The highest BCUT2D eigenvalue weighted by Crippen LogP contribution is 1.97. The summed E-state index contributed by atoms with van der Waals surface area (Å²) in [7, 11) is 0. The van der Waals surface area contributed by atoms with Gasteiger partial charge in [0.25, 0.3) is 0 Å². The van der Waals surface area contributed by atoms with Crippen LogP contribution in [0.2, 0.25) is 0 Å². The normalized spacial score (nSPS) is 19.0. The van der Waals surface area contributed by atoms with Gasteiger partial charge in [0.15, 0.2) is 0 Å². The smallest absolute Gasteiger partial charge is 0.0481 e. The summed E-state index contributed by atoms with van der Waals surface area (Å²) in [5.41, 5.74) is 6.43. The van der Waals surface area contributed by atoms with Crippen molar-refractivity contribution >= 4 is 5.71 Å². The minimum atomic E-state index is 0.580. The lowest BCUT2D eigenvalue weighted by Gasteiger charge is -1.90. The van der Waals surface area contributed by atoms with E-state index >= 15 is 0 Å². The maximum absolute atomic E-state index is 5.39. The van der Waals surface area contributed by atoms with Gasteiger partial charge in [-0.25, -0.2) is 0 Å². The van der Waals surface area contributed by atoms with Gasteiger partial charge < -0.3 is 5.73 Å².